The van der Waals surface area contributed by atoms with Gasteiger partial charge >= 0.3 is 0 Å². The van der Waals surface area contributed by atoms with Crippen molar-refractivity contribution in [2.75, 3.05) is 6.26 Å². The number of thiocarbonyl (C=S) groups is 1. The molecule has 0 saturated heterocycles. The van der Waals surface area contributed by atoms with Crippen molar-refractivity contribution >= 4 is 34.9 Å². The maximum atomic E-state index is 11.5. The van der Waals surface area contributed by atoms with E-state index in [0.717, 1.165) is 0 Å². The minimum atomic E-state index is -0.267. The third kappa shape index (κ3) is 4.45. The predicted octanol–water partition coefficient (Wildman–Crippen LogP) is 0.0123. The number of amides is 1. The van der Waals surface area contributed by atoms with Crippen molar-refractivity contribution in [1.82, 2.24) is 16.3 Å². The molecule has 0 aliphatic heterocycles. The lowest BCUT2D eigenvalue weighted by Gasteiger charge is -2.10. The Balaban J connectivity index is 4.41. The molecular weight excluding hydrogens is 220 g/mol. The molecule has 0 fully saturated rings. The zero-order chi connectivity index (χ0) is 11.1. The Hall–Kier alpha value is -0.790. The number of thioether (sulfide) groups is 1. The van der Waals surface area contributed by atoms with Crippen LogP contribution in [0.15, 0.2) is 10.6 Å². The fourth-order valence-electron chi connectivity index (χ4n) is 0.683. The standard InChI is InChI=1S/C7H14N4OS2/c1-4(9-8)6(14-3)7(12)11-10-5(2)13/h9H,8H2,1-3H3,(H,10,13)(H,11,12)/b6-4-. The molecule has 5 N–H and O–H groups in total. The Morgan fingerprint density at radius 3 is 2.29 bits per heavy atom. The highest BCUT2D eigenvalue weighted by Crippen LogP contribution is 2.14. The highest BCUT2D eigenvalue weighted by atomic mass is 32.2. The maximum Gasteiger partial charge on any atom is 0.277 e. The van der Waals surface area contributed by atoms with Gasteiger partial charge in [-0.15, -0.1) is 11.8 Å². The Bertz CT molecular complexity index is 264. The van der Waals surface area contributed by atoms with Crippen molar-refractivity contribution in [3.05, 3.63) is 10.6 Å². The van der Waals surface area contributed by atoms with Gasteiger partial charge in [0.15, 0.2) is 0 Å². The van der Waals surface area contributed by atoms with Gasteiger partial charge in [-0.1, -0.05) is 12.2 Å². The number of allylic oxidation sites excluding steroid dienone is 1. The Morgan fingerprint density at radius 2 is 1.93 bits per heavy atom. The number of nitrogens with two attached hydrogens (primary N) is 1. The molecule has 0 atom stereocenters. The molecule has 0 rings (SSSR count). The van der Waals surface area contributed by atoms with Gasteiger partial charge in [0, 0.05) is 5.70 Å². The Morgan fingerprint density at radius 1 is 1.36 bits per heavy atom. The number of hydrogen-bond donors (Lipinski definition) is 4. The summed E-state index contributed by atoms with van der Waals surface area (Å²) in [7, 11) is 0. The van der Waals surface area contributed by atoms with Gasteiger partial charge in [0.1, 0.15) is 0 Å². The topological polar surface area (TPSA) is 79.2 Å². The number of carbonyl (C=O) groups excluding carboxylic acids is 1. The zero-order valence-corrected chi connectivity index (χ0v) is 9.94. The minimum Gasteiger partial charge on any atom is -0.327 e. The van der Waals surface area contributed by atoms with Gasteiger partial charge in [-0.2, -0.15) is 0 Å². The molecular formula is C7H14N4OS2. The molecule has 14 heavy (non-hydrogen) atoms. The highest BCUT2D eigenvalue weighted by Gasteiger charge is 2.10. The highest BCUT2D eigenvalue weighted by molar-refractivity contribution is 8.03. The van der Waals surface area contributed by atoms with E-state index in [2.05, 4.69) is 16.3 Å². The van der Waals surface area contributed by atoms with Crippen molar-refractivity contribution in [3.8, 4) is 0 Å². The number of carbonyl (C=O) groups is 1. The quantitative estimate of drug-likeness (QED) is 0.238. The van der Waals surface area contributed by atoms with Crippen LogP contribution < -0.4 is 22.1 Å². The largest absolute Gasteiger partial charge is 0.327 e. The summed E-state index contributed by atoms with van der Waals surface area (Å²) in [6, 6.07) is 0. The summed E-state index contributed by atoms with van der Waals surface area (Å²) in [5.74, 6) is 4.93. The van der Waals surface area contributed by atoms with Gasteiger partial charge in [-0.05, 0) is 20.1 Å². The number of hydrogen-bond acceptors (Lipinski definition) is 5. The van der Waals surface area contributed by atoms with Crippen LogP contribution in [0.2, 0.25) is 0 Å². The molecule has 5 nitrogen and oxygen atoms in total. The van der Waals surface area contributed by atoms with E-state index in [1.165, 1.54) is 11.8 Å². The third-order valence-electron chi connectivity index (χ3n) is 1.32. The van der Waals surface area contributed by atoms with E-state index in [4.69, 9.17) is 18.1 Å². The van der Waals surface area contributed by atoms with Gasteiger partial charge in [0.2, 0.25) is 0 Å². The molecule has 0 radical (unpaired) electrons. The van der Waals surface area contributed by atoms with E-state index in [1.54, 1.807) is 20.1 Å². The molecule has 0 spiro atoms. The van der Waals surface area contributed by atoms with Crippen LogP contribution in [0.1, 0.15) is 13.8 Å². The number of rotatable bonds is 3. The zero-order valence-electron chi connectivity index (χ0n) is 8.30. The monoisotopic (exact) mass is 234 g/mol. The van der Waals surface area contributed by atoms with Crippen molar-refractivity contribution in [1.29, 1.82) is 0 Å². The van der Waals surface area contributed by atoms with Crippen LogP contribution in [0.5, 0.6) is 0 Å². The van der Waals surface area contributed by atoms with E-state index in [0.29, 0.717) is 15.6 Å². The second kappa shape index (κ2) is 6.63. The molecule has 0 aliphatic carbocycles. The average molecular weight is 234 g/mol. The van der Waals surface area contributed by atoms with Crippen LogP contribution in [-0.2, 0) is 4.79 Å². The van der Waals surface area contributed by atoms with Crippen LogP contribution in [0, 0.1) is 0 Å². The molecule has 1 amide bonds. The van der Waals surface area contributed by atoms with Crippen molar-refractivity contribution < 1.29 is 4.79 Å². The van der Waals surface area contributed by atoms with Crippen LogP contribution in [0.3, 0.4) is 0 Å². The molecule has 0 unspecified atom stereocenters. The normalized spacial score (nSPS) is 11.4. The summed E-state index contributed by atoms with van der Waals surface area (Å²) in [5.41, 5.74) is 8.03. The third-order valence-corrected chi connectivity index (χ3v) is 2.32. The van der Waals surface area contributed by atoms with E-state index in [9.17, 15) is 4.79 Å². The minimum absolute atomic E-state index is 0.267. The summed E-state index contributed by atoms with van der Waals surface area (Å²) in [4.78, 5) is 12.5. The van der Waals surface area contributed by atoms with Crippen LogP contribution in [-0.4, -0.2) is 17.2 Å². The van der Waals surface area contributed by atoms with Crippen molar-refractivity contribution in [3.63, 3.8) is 0 Å². The number of hydrazine groups is 2. The first-order chi connectivity index (χ1) is 6.52. The predicted molar refractivity (Wildman–Crippen MR) is 63.1 cm³/mol. The molecule has 0 aromatic carbocycles. The summed E-state index contributed by atoms with van der Waals surface area (Å²) >= 11 is 6.05. The fourth-order valence-corrected chi connectivity index (χ4v) is 1.34. The molecule has 0 aliphatic rings. The molecule has 7 heteroatoms. The molecule has 0 aromatic rings. The summed E-state index contributed by atoms with van der Waals surface area (Å²) < 4.78 is 0. The molecule has 0 heterocycles. The Labute approximate surface area is 92.8 Å². The van der Waals surface area contributed by atoms with Gasteiger partial charge < -0.3 is 5.43 Å². The average Bonchev–Trinajstić information content (AvgIpc) is 2.15. The number of nitrogens with one attached hydrogen (secondary N) is 3. The van der Waals surface area contributed by atoms with Gasteiger partial charge in [0.25, 0.3) is 5.91 Å². The molecule has 0 aromatic heterocycles. The molecule has 0 bridgehead atoms. The Kier molecular flexibility index (Phi) is 6.26. The first kappa shape index (κ1) is 13.2. The van der Waals surface area contributed by atoms with Crippen LogP contribution in [0.4, 0.5) is 0 Å². The first-order valence-electron chi connectivity index (χ1n) is 3.81. The molecule has 0 saturated carbocycles. The maximum absolute atomic E-state index is 11.5. The summed E-state index contributed by atoms with van der Waals surface area (Å²) in [6.07, 6.45) is 1.79. The second-order valence-electron chi connectivity index (χ2n) is 2.44. The lowest BCUT2D eigenvalue weighted by Crippen LogP contribution is -2.40. The summed E-state index contributed by atoms with van der Waals surface area (Å²) in [6.45, 7) is 3.39. The second-order valence-corrected chi connectivity index (χ2v) is 3.87. The van der Waals surface area contributed by atoms with E-state index >= 15 is 0 Å². The van der Waals surface area contributed by atoms with Crippen molar-refractivity contribution in [2.45, 2.75) is 13.8 Å². The van der Waals surface area contributed by atoms with Gasteiger partial charge in [-0.3, -0.25) is 21.5 Å². The lowest BCUT2D eigenvalue weighted by molar-refractivity contribution is -0.117. The van der Waals surface area contributed by atoms with Crippen molar-refractivity contribution in [2.24, 2.45) is 5.84 Å². The lowest BCUT2D eigenvalue weighted by atomic mass is 10.4. The van der Waals surface area contributed by atoms with E-state index < -0.39 is 0 Å². The smallest absolute Gasteiger partial charge is 0.277 e. The SMILES string of the molecule is CS/C(C(=O)NNC(C)=S)=C(/C)NN. The summed E-state index contributed by atoms with van der Waals surface area (Å²) in [5, 5.41) is 0. The van der Waals surface area contributed by atoms with Crippen LogP contribution in [0.25, 0.3) is 0 Å². The van der Waals surface area contributed by atoms with E-state index in [-0.39, 0.29) is 5.91 Å². The van der Waals surface area contributed by atoms with Gasteiger partial charge in [0.05, 0.1) is 9.89 Å². The first-order valence-corrected chi connectivity index (χ1v) is 5.44. The van der Waals surface area contributed by atoms with Crippen LogP contribution >= 0.6 is 24.0 Å². The fraction of sp³-hybridized carbons (Fsp3) is 0.429. The van der Waals surface area contributed by atoms with E-state index in [1.807, 2.05) is 0 Å². The molecule has 80 valence electrons. The van der Waals surface area contributed by atoms with Gasteiger partial charge in [-0.25, -0.2) is 0 Å².